The summed E-state index contributed by atoms with van der Waals surface area (Å²) in [6.07, 6.45) is 0.0749. The molecule has 2 aliphatic heterocycles. The maximum absolute atomic E-state index is 11.1. The molecule has 0 bridgehead atoms. The lowest BCUT2D eigenvalue weighted by molar-refractivity contribution is -0.137. The summed E-state index contributed by atoms with van der Waals surface area (Å²) in [5, 5.41) is 12.7. The van der Waals surface area contributed by atoms with Crippen LogP contribution in [0.4, 0.5) is 5.69 Å². The SMILES string of the molecule is COCCOc1cc(C)c(-c2cccc3c2OCC3Nc2ccc3c(c2)OCC3CC(=O)O)c(C)c1. The highest BCUT2D eigenvalue weighted by molar-refractivity contribution is 5.79. The van der Waals surface area contributed by atoms with E-state index in [1.165, 1.54) is 0 Å². The third kappa shape index (κ3) is 4.71. The van der Waals surface area contributed by atoms with Gasteiger partial charge in [-0.2, -0.15) is 0 Å². The van der Waals surface area contributed by atoms with Crippen LogP contribution in [0.2, 0.25) is 0 Å². The number of carboxylic acid groups (broad SMARTS) is 1. The molecule has 0 saturated heterocycles. The summed E-state index contributed by atoms with van der Waals surface area (Å²) < 4.78 is 22.9. The highest BCUT2D eigenvalue weighted by atomic mass is 16.5. The highest BCUT2D eigenvalue weighted by Gasteiger charge is 2.30. The minimum Gasteiger partial charge on any atom is -0.493 e. The van der Waals surface area contributed by atoms with Gasteiger partial charge in [-0.3, -0.25) is 4.79 Å². The second kappa shape index (κ2) is 10.1. The Morgan fingerprint density at radius 3 is 2.58 bits per heavy atom. The topological polar surface area (TPSA) is 86.3 Å². The monoisotopic (exact) mass is 489 g/mol. The molecule has 188 valence electrons. The van der Waals surface area contributed by atoms with Crippen molar-refractivity contribution in [2.24, 2.45) is 0 Å². The third-order valence-corrected chi connectivity index (χ3v) is 6.80. The number of carbonyl (C=O) groups is 1. The summed E-state index contributed by atoms with van der Waals surface area (Å²) in [4.78, 5) is 11.1. The van der Waals surface area contributed by atoms with Crippen LogP contribution in [0, 0.1) is 13.8 Å². The van der Waals surface area contributed by atoms with Gasteiger partial charge in [-0.15, -0.1) is 0 Å². The molecule has 0 aliphatic carbocycles. The van der Waals surface area contributed by atoms with Crippen LogP contribution in [0.3, 0.4) is 0 Å². The Kier molecular flexibility index (Phi) is 6.74. The first-order valence-corrected chi connectivity index (χ1v) is 12.2. The molecule has 0 amide bonds. The summed E-state index contributed by atoms with van der Waals surface area (Å²) in [5.74, 6) is 1.57. The number of nitrogens with one attached hydrogen (secondary N) is 1. The van der Waals surface area contributed by atoms with Gasteiger partial charge >= 0.3 is 5.97 Å². The fourth-order valence-electron chi connectivity index (χ4n) is 5.19. The predicted molar refractivity (Wildman–Crippen MR) is 138 cm³/mol. The number of aryl methyl sites for hydroxylation is 2. The lowest BCUT2D eigenvalue weighted by Crippen LogP contribution is -2.11. The van der Waals surface area contributed by atoms with Gasteiger partial charge in [0.1, 0.15) is 30.5 Å². The van der Waals surface area contributed by atoms with Crippen molar-refractivity contribution >= 4 is 11.7 Å². The third-order valence-electron chi connectivity index (χ3n) is 6.80. The molecule has 7 heteroatoms. The first-order valence-electron chi connectivity index (χ1n) is 12.2. The molecule has 2 unspecified atom stereocenters. The van der Waals surface area contributed by atoms with Crippen LogP contribution < -0.4 is 19.5 Å². The van der Waals surface area contributed by atoms with Gasteiger partial charge in [0.05, 0.1) is 25.7 Å². The lowest BCUT2D eigenvalue weighted by atomic mass is 9.92. The number of aliphatic carboxylic acids is 1. The molecule has 3 aromatic carbocycles. The van der Waals surface area contributed by atoms with Crippen molar-refractivity contribution in [1.82, 2.24) is 0 Å². The fourth-order valence-corrected chi connectivity index (χ4v) is 5.19. The zero-order chi connectivity index (χ0) is 25.2. The summed E-state index contributed by atoms with van der Waals surface area (Å²) in [5.41, 5.74) is 7.46. The highest BCUT2D eigenvalue weighted by Crippen LogP contribution is 2.45. The molecule has 0 fully saturated rings. The number of carboxylic acids is 1. The minimum atomic E-state index is -0.812. The van der Waals surface area contributed by atoms with E-state index in [0.717, 1.165) is 56.3 Å². The quantitative estimate of drug-likeness (QED) is 0.384. The number of hydrogen-bond acceptors (Lipinski definition) is 6. The number of anilines is 1. The van der Waals surface area contributed by atoms with E-state index in [2.05, 4.69) is 49.5 Å². The summed E-state index contributed by atoms with van der Waals surface area (Å²) >= 11 is 0. The largest absolute Gasteiger partial charge is 0.493 e. The molecule has 0 radical (unpaired) electrons. The number of para-hydroxylation sites is 1. The van der Waals surface area contributed by atoms with Crippen molar-refractivity contribution in [3.05, 3.63) is 70.8 Å². The molecule has 2 aliphatic rings. The molecule has 36 heavy (non-hydrogen) atoms. The van der Waals surface area contributed by atoms with Crippen molar-refractivity contribution in [1.29, 1.82) is 0 Å². The Bertz CT molecular complexity index is 1260. The van der Waals surface area contributed by atoms with Gasteiger partial charge in [0.25, 0.3) is 0 Å². The van der Waals surface area contributed by atoms with Crippen LogP contribution in [0.25, 0.3) is 11.1 Å². The van der Waals surface area contributed by atoms with Crippen molar-refractivity contribution < 1.29 is 28.8 Å². The van der Waals surface area contributed by atoms with Crippen LogP contribution in [-0.2, 0) is 9.53 Å². The molecule has 3 aromatic rings. The van der Waals surface area contributed by atoms with Crippen LogP contribution in [0.5, 0.6) is 17.2 Å². The maximum atomic E-state index is 11.1. The van der Waals surface area contributed by atoms with Crippen LogP contribution >= 0.6 is 0 Å². The van der Waals surface area contributed by atoms with Gasteiger partial charge in [0.15, 0.2) is 0 Å². The molecule has 0 saturated carbocycles. The van der Waals surface area contributed by atoms with Gasteiger partial charge < -0.3 is 29.4 Å². The Balaban J connectivity index is 1.37. The van der Waals surface area contributed by atoms with Gasteiger partial charge in [-0.05, 0) is 48.7 Å². The number of methoxy groups -OCH3 is 1. The Hall–Kier alpha value is -3.71. The van der Waals surface area contributed by atoms with Gasteiger partial charge in [0, 0.05) is 41.5 Å². The zero-order valence-electron chi connectivity index (χ0n) is 20.8. The number of hydrogen-bond donors (Lipinski definition) is 2. The van der Waals surface area contributed by atoms with E-state index in [-0.39, 0.29) is 18.4 Å². The lowest BCUT2D eigenvalue weighted by Gasteiger charge is -2.17. The average Bonchev–Trinajstić information content (AvgIpc) is 3.43. The van der Waals surface area contributed by atoms with Crippen molar-refractivity contribution in [3.63, 3.8) is 0 Å². The average molecular weight is 490 g/mol. The second-order valence-electron chi connectivity index (χ2n) is 9.36. The van der Waals surface area contributed by atoms with E-state index in [4.69, 9.17) is 24.1 Å². The predicted octanol–water partition coefficient (Wildman–Crippen LogP) is 5.49. The Morgan fingerprint density at radius 2 is 1.83 bits per heavy atom. The van der Waals surface area contributed by atoms with Crippen LogP contribution in [0.1, 0.15) is 40.6 Å². The molecular formula is C29H31NO6. The van der Waals surface area contributed by atoms with E-state index in [1.807, 2.05) is 18.2 Å². The smallest absolute Gasteiger partial charge is 0.304 e. The maximum Gasteiger partial charge on any atom is 0.304 e. The normalized spacial score (nSPS) is 17.6. The van der Waals surface area contributed by atoms with Crippen molar-refractivity contribution in [3.8, 4) is 28.4 Å². The number of rotatable bonds is 9. The van der Waals surface area contributed by atoms with E-state index in [1.54, 1.807) is 7.11 Å². The van der Waals surface area contributed by atoms with Gasteiger partial charge in [-0.25, -0.2) is 0 Å². The molecule has 0 spiro atoms. The Labute approximate surface area is 211 Å². The fraction of sp³-hybridized carbons (Fsp3) is 0.345. The van der Waals surface area contributed by atoms with Crippen LogP contribution in [-0.4, -0.2) is 44.6 Å². The first kappa shape index (κ1) is 24.0. The van der Waals surface area contributed by atoms with E-state index in [0.29, 0.717) is 26.4 Å². The minimum absolute atomic E-state index is 0.00789. The van der Waals surface area contributed by atoms with E-state index >= 15 is 0 Å². The molecule has 7 nitrogen and oxygen atoms in total. The van der Waals surface area contributed by atoms with Crippen molar-refractivity contribution in [2.45, 2.75) is 32.2 Å². The van der Waals surface area contributed by atoms with Crippen molar-refractivity contribution in [2.75, 3.05) is 38.9 Å². The van der Waals surface area contributed by atoms with Gasteiger partial charge in [-0.1, -0.05) is 24.3 Å². The summed E-state index contributed by atoms with van der Waals surface area (Å²) in [6.45, 7) is 6.17. The molecule has 2 heterocycles. The van der Waals surface area contributed by atoms with E-state index < -0.39 is 5.97 Å². The number of benzene rings is 3. The molecule has 2 atom stereocenters. The molecule has 5 rings (SSSR count). The standard InChI is InChI=1S/C29H31NO6/c1-17-11-21(34-10-9-33-3)12-18(2)28(17)24-6-4-5-23-25(16-36-29(23)24)30-20-7-8-22-19(13-27(31)32)15-35-26(22)14-20/h4-8,11-12,14,19,25,30H,9-10,13,15-16H2,1-3H3,(H,31,32). The summed E-state index contributed by atoms with van der Waals surface area (Å²) in [7, 11) is 1.66. The Morgan fingerprint density at radius 1 is 1.03 bits per heavy atom. The zero-order valence-corrected chi connectivity index (χ0v) is 20.8. The number of ether oxygens (including phenoxy) is 4. The molecular weight excluding hydrogens is 458 g/mol. The molecule has 0 aromatic heterocycles. The van der Waals surface area contributed by atoms with E-state index in [9.17, 15) is 4.79 Å². The molecule has 2 N–H and O–H groups in total. The van der Waals surface area contributed by atoms with Crippen LogP contribution in [0.15, 0.2) is 48.5 Å². The van der Waals surface area contributed by atoms with Gasteiger partial charge in [0.2, 0.25) is 0 Å². The number of fused-ring (bicyclic) bond motifs is 2. The second-order valence-corrected chi connectivity index (χ2v) is 9.36. The first-order chi connectivity index (χ1) is 17.4. The summed E-state index contributed by atoms with van der Waals surface area (Å²) in [6, 6.07) is 16.3.